The number of benzene rings is 2. The molecule has 0 saturated heterocycles. The largest absolute Gasteiger partial charge is 0.395 e. The van der Waals surface area contributed by atoms with Gasteiger partial charge in [-0.1, -0.05) is 24.6 Å². The molecule has 0 bridgehead atoms. The fourth-order valence-corrected chi connectivity index (χ4v) is 5.39. The summed E-state index contributed by atoms with van der Waals surface area (Å²) in [6, 6.07) is 9.28. The first kappa shape index (κ1) is 27.3. The van der Waals surface area contributed by atoms with E-state index in [0.717, 1.165) is 23.8 Å². The van der Waals surface area contributed by atoms with Crippen LogP contribution in [0.1, 0.15) is 25.0 Å². The van der Waals surface area contributed by atoms with Crippen LogP contribution in [-0.4, -0.2) is 68.7 Å². The standard InChI is InChI=1S/C24H34F2N2O4S/c1-17-6-9-22(10-7-17)33(30,31)28(19(3)16-29)13-18(2)24(32-5)15-27(4)14-20-12-21(25)8-11-23(20)26/h6-12,18-19,24,29H,13-16H2,1-5H3/t18-,19+,24+/m1/s1. The predicted molar refractivity (Wildman–Crippen MR) is 124 cm³/mol. The molecule has 0 aliphatic rings. The Morgan fingerprint density at radius 3 is 2.27 bits per heavy atom. The Morgan fingerprint density at radius 2 is 1.70 bits per heavy atom. The molecule has 184 valence electrons. The Morgan fingerprint density at radius 1 is 1.06 bits per heavy atom. The second-order valence-electron chi connectivity index (χ2n) is 8.60. The molecule has 2 aromatic carbocycles. The third-order valence-corrected chi connectivity index (χ3v) is 7.72. The Kier molecular flexibility index (Phi) is 9.93. The second-order valence-corrected chi connectivity index (χ2v) is 10.5. The molecule has 0 aliphatic heterocycles. The summed E-state index contributed by atoms with van der Waals surface area (Å²) in [6.07, 6.45) is -0.381. The van der Waals surface area contributed by atoms with E-state index >= 15 is 0 Å². The Balaban J connectivity index is 2.16. The highest BCUT2D eigenvalue weighted by Gasteiger charge is 2.32. The van der Waals surface area contributed by atoms with Gasteiger partial charge >= 0.3 is 0 Å². The van der Waals surface area contributed by atoms with Crippen LogP contribution in [0.4, 0.5) is 8.78 Å². The molecular weight excluding hydrogens is 450 g/mol. The number of hydrogen-bond donors (Lipinski definition) is 1. The van der Waals surface area contributed by atoms with Crippen molar-refractivity contribution in [3.63, 3.8) is 0 Å². The Hall–Kier alpha value is -1.91. The Labute approximate surface area is 195 Å². The van der Waals surface area contributed by atoms with Gasteiger partial charge in [-0.05, 0) is 57.1 Å². The van der Waals surface area contributed by atoms with Gasteiger partial charge in [0.05, 0.1) is 17.6 Å². The van der Waals surface area contributed by atoms with Crippen LogP contribution in [0.15, 0.2) is 47.4 Å². The summed E-state index contributed by atoms with van der Waals surface area (Å²) < 4.78 is 61.0. The van der Waals surface area contributed by atoms with Crippen molar-refractivity contribution in [3.8, 4) is 0 Å². The van der Waals surface area contributed by atoms with E-state index in [1.807, 2.05) is 13.8 Å². The van der Waals surface area contributed by atoms with E-state index in [0.29, 0.717) is 6.54 Å². The number of ether oxygens (including phenoxy) is 1. The zero-order valence-electron chi connectivity index (χ0n) is 19.8. The Bertz CT molecular complexity index is 1000. The average Bonchev–Trinajstić information content (AvgIpc) is 2.77. The lowest BCUT2D eigenvalue weighted by atomic mass is 10.0. The van der Waals surface area contributed by atoms with Crippen LogP contribution in [0.25, 0.3) is 0 Å². The van der Waals surface area contributed by atoms with Gasteiger partial charge in [-0.15, -0.1) is 0 Å². The smallest absolute Gasteiger partial charge is 0.243 e. The van der Waals surface area contributed by atoms with Gasteiger partial charge in [0.25, 0.3) is 0 Å². The van der Waals surface area contributed by atoms with Gasteiger partial charge in [0.2, 0.25) is 10.0 Å². The van der Waals surface area contributed by atoms with Gasteiger partial charge < -0.3 is 9.84 Å². The molecule has 0 radical (unpaired) electrons. The first-order valence-corrected chi connectivity index (χ1v) is 12.3. The highest BCUT2D eigenvalue weighted by Crippen LogP contribution is 2.23. The van der Waals surface area contributed by atoms with Crippen LogP contribution >= 0.6 is 0 Å². The lowest BCUT2D eigenvalue weighted by molar-refractivity contribution is 0.0219. The maximum atomic E-state index is 14.0. The van der Waals surface area contributed by atoms with Crippen LogP contribution in [-0.2, 0) is 21.3 Å². The molecular formula is C24H34F2N2O4S. The quantitative estimate of drug-likeness (QED) is 0.500. The molecule has 6 nitrogen and oxygen atoms in total. The molecule has 0 unspecified atom stereocenters. The van der Waals surface area contributed by atoms with Crippen LogP contribution in [0.5, 0.6) is 0 Å². The van der Waals surface area contributed by atoms with E-state index in [1.165, 1.54) is 11.4 Å². The van der Waals surface area contributed by atoms with Gasteiger partial charge in [0, 0.05) is 38.3 Å². The maximum Gasteiger partial charge on any atom is 0.243 e. The van der Waals surface area contributed by atoms with Crippen LogP contribution in [0, 0.1) is 24.5 Å². The van der Waals surface area contributed by atoms with E-state index < -0.39 is 27.7 Å². The number of likely N-dealkylation sites (N-methyl/N-ethyl adjacent to an activating group) is 1. The highest BCUT2D eigenvalue weighted by molar-refractivity contribution is 7.89. The van der Waals surface area contributed by atoms with Crippen molar-refractivity contribution >= 4 is 10.0 Å². The number of sulfonamides is 1. The first-order valence-electron chi connectivity index (χ1n) is 10.8. The monoisotopic (exact) mass is 484 g/mol. The lowest BCUT2D eigenvalue weighted by Gasteiger charge is -2.34. The third-order valence-electron chi connectivity index (χ3n) is 5.73. The number of aliphatic hydroxyl groups is 1. The molecule has 0 aromatic heterocycles. The SMILES string of the molecule is CO[C@@H](CN(C)Cc1cc(F)ccc1F)[C@H](C)CN([C@@H](C)CO)S(=O)(=O)c1ccc(C)cc1. The number of nitrogens with zero attached hydrogens (tertiary/aromatic N) is 2. The molecule has 0 aliphatic carbocycles. The zero-order valence-corrected chi connectivity index (χ0v) is 20.6. The molecule has 0 fully saturated rings. The summed E-state index contributed by atoms with van der Waals surface area (Å²) in [6.45, 7) is 5.74. The number of aliphatic hydroxyl groups excluding tert-OH is 1. The average molecular weight is 485 g/mol. The molecule has 2 aromatic rings. The zero-order chi connectivity index (χ0) is 24.8. The van der Waals surface area contributed by atoms with Gasteiger partial charge in [0.1, 0.15) is 11.6 Å². The van der Waals surface area contributed by atoms with Crippen LogP contribution in [0.3, 0.4) is 0 Å². The molecule has 3 atom stereocenters. The fraction of sp³-hybridized carbons (Fsp3) is 0.500. The minimum Gasteiger partial charge on any atom is -0.395 e. The number of hydrogen-bond acceptors (Lipinski definition) is 5. The molecule has 0 amide bonds. The van der Waals surface area contributed by atoms with E-state index in [4.69, 9.17) is 4.74 Å². The summed E-state index contributed by atoms with van der Waals surface area (Å²) in [5.74, 6) is -1.24. The predicted octanol–water partition coefficient (Wildman–Crippen LogP) is 3.43. The summed E-state index contributed by atoms with van der Waals surface area (Å²) in [4.78, 5) is 1.96. The fourth-order valence-electron chi connectivity index (χ4n) is 3.67. The number of methoxy groups -OCH3 is 1. The second kappa shape index (κ2) is 12.0. The van der Waals surface area contributed by atoms with Crippen molar-refractivity contribution < 1.29 is 27.0 Å². The minimum absolute atomic E-state index is 0.124. The molecule has 9 heteroatoms. The van der Waals surface area contributed by atoms with Gasteiger partial charge in [-0.2, -0.15) is 4.31 Å². The van der Waals surface area contributed by atoms with Crippen molar-refractivity contribution in [2.45, 2.75) is 44.4 Å². The number of aryl methyl sites for hydroxylation is 1. The van der Waals surface area contributed by atoms with E-state index in [2.05, 4.69) is 0 Å². The van der Waals surface area contributed by atoms with E-state index in [1.54, 1.807) is 43.1 Å². The maximum absolute atomic E-state index is 14.0. The molecule has 33 heavy (non-hydrogen) atoms. The number of halogens is 2. The molecule has 0 spiro atoms. The molecule has 1 N–H and O–H groups in total. The van der Waals surface area contributed by atoms with Crippen LogP contribution < -0.4 is 0 Å². The summed E-state index contributed by atoms with van der Waals surface area (Å²) in [7, 11) is -0.543. The van der Waals surface area contributed by atoms with Gasteiger partial charge in [0.15, 0.2) is 0 Å². The lowest BCUT2D eigenvalue weighted by Crippen LogP contribution is -2.46. The van der Waals surface area contributed by atoms with Gasteiger partial charge in [-0.3, -0.25) is 4.90 Å². The van der Waals surface area contributed by atoms with Crippen molar-refractivity contribution in [1.82, 2.24) is 9.21 Å². The topological polar surface area (TPSA) is 70.1 Å². The van der Waals surface area contributed by atoms with E-state index in [-0.39, 0.29) is 42.2 Å². The number of rotatable bonds is 12. The normalized spacial score (nSPS) is 15.1. The van der Waals surface area contributed by atoms with Gasteiger partial charge in [-0.25, -0.2) is 17.2 Å². The van der Waals surface area contributed by atoms with Crippen molar-refractivity contribution in [1.29, 1.82) is 0 Å². The van der Waals surface area contributed by atoms with E-state index in [9.17, 15) is 22.3 Å². The van der Waals surface area contributed by atoms with Crippen molar-refractivity contribution in [2.24, 2.45) is 5.92 Å². The van der Waals surface area contributed by atoms with Crippen LogP contribution in [0.2, 0.25) is 0 Å². The minimum atomic E-state index is -3.84. The molecule has 0 saturated carbocycles. The molecule has 2 rings (SSSR count). The third kappa shape index (κ3) is 7.28. The summed E-state index contributed by atoms with van der Waals surface area (Å²) in [5.41, 5.74) is 1.18. The highest BCUT2D eigenvalue weighted by atomic mass is 32.2. The van der Waals surface area contributed by atoms with Crippen molar-refractivity contribution in [3.05, 3.63) is 65.2 Å². The first-order chi connectivity index (χ1) is 15.5. The summed E-state index contributed by atoms with van der Waals surface area (Å²) in [5, 5.41) is 9.71. The molecule has 0 heterocycles. The van der Waals surface area contributed by atoms with Crippen molar-refractivity contribution in [2.75, 3.05) is 33.9 Å². The summed E-state index contributed by atoms with van der Waals surface area (Å²) >= 11 is 0.